The fraction of sp³-hybridized carbons (Fsp3) is 0.600. The van der Waals surface area contributed by atoms with Gasteiger partial charge in [0.2, 0.25) is 0 Å². The molecule has 0 heterocycles. The maximum atomic E-state index is 11.2. The van der Waals surface area contributed by atoms with Gasteiger partial charge in [-0.3, -0.25) is 5.41 Å². The second kappa shape index (κ2) is 4.77. The summed E-state index contributed by atoms with van der Waals surface area (Å²) < 4.78 is 28.8. The SMILES string of the molecule is COC(=O)NS(=O)(=O)N(C)CC(=N)N. The number of nitrogens with one attached hydrogen (secondary N) is 2. The molecule has 0 saturated carbocycles. The molecule has 0 rings (SSSR count). The van der Waals surface area contributed by atoms with Gasteiger partial charge in [0.1, 0.15) is 5.84 Å². The Kier molecular flexibility index (Phi) is 4.31. The summed E-state index contributed by atoms with van der Waals surface area (Å²) in [4.78, 5) is 10.6. The van der Waals surface area contributed by atoms with Crippen LogP contribution in [0.25, 0.3) is 0 Å². The van der Waals surface area contributed by atoms with E-state index in [9.17, 15) is 13.2 Å². The zero-order valence-electron chi connectivity index (χ0n) is 7.77. The van der Waals surface area contributed by atoms with Crippen molar-refractivity contribution in [1.29, 1.82) is 5.41 Å². The van der Waals surface area contributed by atoms with Crippen molar-refractivity contribution < 1.29 is 17.9 Å². The topological polar surface area (TPSA) is 126 Å². The highest BCUT2D eigenvalue weighted by atomic mass is 32.2. The molecule has 0 radical (unpaired) electrons. The molecule has 4 N–H and O–H groups in total. The summed E-state index contributed by atoms with van der Waals surface area (Å²) in [5.74, 6) is -0.331. The highest BCUT2D eigenvalue weighted by Gasteiger charge is 2.20. The number of hydrogen-bond donors (Lipinski definition) is 3. The third kappa shape index (κ3) is 4.05. The number of nitrogens with two attached hydrogens (primary N) is 1. The summed E-state index contributed by atoms with van der Waals surface area (Å²) in [5, 5.41) is 6.86. The van der Waals surface area contributed by atoms with Gasteiger partial charge in [0.25, 0.3) is 0 Å². The van der Waals surface area contributed by atoms with Crippen LogP contribution in [-0.4, -0.2) is 45.4 Å². The molecule has 0 aliphatic carbocycles. The van der Waals surface area contributed by atoms with Crippen molar-refractivity contribution in [2.24, 2.45) is 5.73 Å². The Labute approximate surface area is 81.7 Å². The van der Waals surface area contributed by atoms with Crippen LogP contribution in [0.5, 0.6) is 0 Å². The molecular weight excluding hydrogens is 212 g/mol. The summed E-state index contributed by atoms with van der Waals surface area (Å²) in [5.41, 5.74) is 4.99. The lowest BCUT2D eigenvalue weighted by Crippen LogP contribution is -2.44. The maximum Gasteiger partial charge on any atom is 0.421 e. The van der Waals surface area contributed by atoms with Crippen molar-refractivity contribution >= 4 is 22.1 Å². The molecule has 0 fully saturated rings. The maximum absolute atomic E-state index is 11.2. The lowest BCUT2D eigenvalue weighted by atomic mass is 10.6. The Morgan fingerprint density at radius 1 is 1.64 bits per heavy atom. The quantitative estimate of drug-likeness (QED) is 0.394. The van der Waals surface area contributed by atoms with E-state index in [1.807, 2.05) is 0 Å². The summed E-state index contributed by atoms with van der Waals surface area (Å²) in [6.45, 7) is -0.299. The first-order valence-electron chi connectivity index (χ1n) is 3.44. The molecule has 0 aromatic heterocycles. The van der Waals surface area contributed by atoms with Crippen LogP contribution in [0.4, 0.5) is 4.79 Å². The van der Waals surface area contributed by atoms with Gasteiger partial charge in [-0.25, -0.2) is 9.52 Å². The predicted octanol–water partition coefficient (Wildman–Crippen LogP) is -1.55. The molecule has 82 valence electrons. The van der Waals surface area contributed by atoms with Gasteiger partial charge in [-0.1, -0.05) is 0 Å². The third-order valence-electron chi connectivity index (χ3n) is 1.20. The summed E-state index contributed by atoms with van der Waals surface area (Å²) in [6, 6.07) is 0. The fourth-order valence-corrected chi connectivity index (χ4v) is 1.31. The minimum atomic E-state index is -3.98. The van der Waals surface area contributed by atoms with Crippen molar-refractivity contribution in [2.45, 2.75) is 0 Å². The Bertz CT molecular complexity index is 325. The number of carbonyl (C=O) groups is 1. The second-order valence-electron chi connectivity index (χ2n) is 2.38. The van der Waals surface area contributed by atoms with Crippen molar-refractivity contribution in [3.05, 3.63) is 0 Å². The number of rotatable bonds is 4. The molecule has 0 aromatic carbocycles. The van der Waals surface area contributed by atoms with E-state index in [4.69, 9.17) is 11.1 Å². The third-order valence-corrected chi connectivity index (χ3v) is 2.58. The molecule has 8 nitrogen and oxygen atoms in total. The Morgan fingerprint density at radius 2 is 2.14 bits per heavy atom. The Balaban J connectivity index is 4.46. The standard InChI is InChI=1S/C5H12N4O4S/c1-9(3-4(6)7)14(11,12)8-5(10)13-2/h3H2,1-2H3,(H3,6,7)(H,8,10). The number of amides is 1. The molecule has 0 aromatic rings. The predicted molar refractivity (Wildman–Crippen MR) is 49.0 cm³/mol. The van der Waals surface area contributed by atoms with E-state index < -0.39 is 16.3 Å². The lowest BCUT2D eigenvalue weighted by molar-refractivity contribution is 0.177. The monoisotopic (exact) mass is 224 g/mol. The minimum absolute atomic E-state index is 0.299. The summed E-state index contributed by atoms with van der Waals surface area (Å²) >= 11 is 0. The first-order chi connectivity index (χ1) is 6.29. The average Bonchev–Trinajstić information content (AvgIpc) is 2.02. The molecule has 9 heteroatoms. The van der Waals surface area contributed by atoms with Crippen molar-refractivity contribution in [3.8, 4) is 0 Å². The number of carbonyl (C=O) groups excluding carboxylic acids is 1. The summed E-state index contributed by atoms with van der Waals surface area (Å²) in [6.07, 6.45) is -1.10. The molecule has 0 atom stereocenters. The van der Waals surface area contributed by atoms with Crippen LogP contribution < -0.4 is 10.5 Å². The molecule has 1 amide bonds. The number of ether oxygens (including phenoxy) is 1. The van der Waals surface area contributed by atoms with E-state index in [2.05, 4.69) is 4.74 Å². The summed E-state index contributed by atoms with van der Waals surface area (Å²) in [7, 11) is -1.77. The van der Waals surface area contributed by atoms with Gasteiger partial charge < -0.3 is 10.5 Å². The molecule has 0 aliphatic rings. The number of amidine groups is 1. The van der Waals surface area contributed by atoms with E-state index in [1.54, 1.807) is 4.72 Å². The first kappa shape index (κ1) is 12.7. The van der Waals surface area contributed by atoms with Crippen LogP contribution >= 0.6 is 0 Å². The van der Waals surface area contributed by atoms with E-state index in [0.717, 1.165) is 7.11 Å². The van der Waals surface area contributed by atoms with Crippen LogP contribution in [0.1, 0.15) is 0 Å². The number of likely N-dealkylation sites (N-methyl/N-ethyl adjacent to an activating group) is 1. The van der Waals surface area contributed by atoms with Crippen molar-refractivity contribution in [1.82, 2.24) is 9.03 Å². The fourth-order valence-electron chi connectivity index (χ4n) is 0.550. The van der Waals surface area contributed by atoms with Gasteiger partial charge in [-0.15, -0.1) is 0 Å². The lowest BCUT2D eigenvalue weighted by Gasteiger charge is -2.15. The minimum Gasteiger partial charge on any atom is -0.452 e. The van der Waals surface area contributed by atoms with Gasteiger partial charge >= 0.3 is 16.3 Å². The molecule has 14 heavy (non-hydrogen) atoms. The van der Waals surface area contributed by atoms with Gasteiger partial charge in [0, 0.05) is 7.05 Å². The molecule has 0 spiro atoms. The Hall–Kier alpha value is -1.35. The highest BCUT2D eigenvalue weighted by molar-refractivity contribution is 7.87. The number of hydrogen-bond acceptors (Lipinski definition) is 5. The number of methoxy groups -OCH3 is 1. The van der Waals surface area contributed by atoms with Crippen LogP contribution in [-0.2, 0) is 14.9 Å². The normalized spacial score (nSPS) is 11.1. The van der Waals surface area contributed by atoms with E-state index in [1.165, 1.54) is 7.05 Å². The average molecular weight is 224 g/mol. The molecule has 0 unspecified atom stereocenters. The van der Waals surface area contributed by atoms with Gasteiger partial charge in [-0.2, -0.15) is 12.7 Å². The van der Waals surface area contributed by atoms with Crippen LogP contribution in [0.2, 0.25) is 0 Å². The Morgan fingerprint density at radius 3 is 2.50 bits per heavy atom. The van der Waals surface area contributed by atoms with E-state index in [-0.39, 0.29) is 12.4 Å². The van der Waals surface area contributed by atoms with Gasteiger partial charge in [-0.05, 0) is 0 Å². The van der Waals surface area contributed by atoms with E-state index >= 15 is 0 Å². The largest absolute Gasteiger partial charge is 0.452 e. The second-order valence-corrected chi connectivity index (χ2v) is 4.16. The van der Waals surface area contributed by atoms with Crippen LogP contribution in [0.3, 0.4) is 0 Å². The van der Waals surface area contributed by atoms with Crippen molar-refractivity contribution in [2.75, 3.05) is 20.7 Å². The highest BCUT2D eigenvalue weighted by Crippen LogP contribution is 1.92. The molecule has 0 aliphatic heterocycles. The van der Waals surface area contributed by atoms with E-state index in [0.29, 0.717) is 4.31 Å². The van der Waals surface area contributed by atoms with Gasteiger partial charge in [0.15, 0.2) is 0 Å². The zero-order chi connectivity index (χ0) is 11.4. The van der Waals surface area contributed by atoms with Crippen LogP contribution in [0.15, 0.2) is 0 Å². The first-order valence-corrected chi connectivity index (χ1v) is 4.88. The molecular formula is C5H12N4O4S. The van der Waals surface area contributed by atoms with Crippen LogP contribution in [0, 0.1) is 5.41 Å². The zero-order valence-corrected chi connectivity index (χ0v) is 8.59. The van der Waals surface area contributed by atoms with Crippen molar-refractivity contribution in [3.63, 3.8) is 0 Å². The van der Waals surface area contributed by atoms with Gasteiger partial charge in [0.05, 0.1) is 13.7 Å². The molecule has 0 saturated heterocycles. The molecule has 0 bridgehead atoms. The smallest absolute Gasteiger partial charge is 0.421 e. The number of nitrogens with zero attached hydrogens (tertiary/aromatic N) is 1.